The number of aliphatic hydroxyl groups is 1. The molecule has 0 saturated heterocycles. The van der Waals surface area contributed by atoms with Crippen LogP contribution in [0, 0.1) is 0 Å². The molecule has 0 amide bonds. The minimum atomic E-state index is 0.0765. The molecule has 0 aliphatic rings. The molecule has 0 aliphatic heterocycles. The monoisotopic (exact) mass is 273 g/mol. The van der Waals surface area contributed by atoms with Gasteiger partial charge in [0.2, 0.25) is 0 Å². The van der Waals surface area contributed by atoms with Crippen molar-refractivity contribution in [3.8, 4) is 5.75 Å². The van der Waals surface area contributed by atoms with Gasteiger partial charge in [-0.05, 0) is 31.2 Å². The molecule has 0 heterocycles. The zero-order valence-corrected chi connectivity index (χ0v) is 11.4. The lowest BCUT2D eigenvalue weighted by molar-refractivity contribution is 0.0907. The molecule has 0 spiro atoms. The molecule has 0 radical (unpaired) electrons. The molecule has 1 aromatic carbocycles. The van der Waals surface area contributed by atoms with Crippen molar-refractivity contribution in [1.82, 2.24) is 5.32 Å². The third-order valence-electron chi connectivity index (χ3n) is 2.44. The van der Waals surface area contributed by atoms with Crippen LogP contribution in [-0.2, 0) is 11.3 Å². The predicted octanol–water partition coefficient (Wildman–Crippen LogP) is 1.84. The summed E-state index contributed by atoms with van der Waals surface area (Å²) in [5.41, 5.74) is 1.04. The van der Waals surface area contributed by atoms with Crippen LogP contribution in [0.1, 0.15) is 12.0 Å². The largest absolute Gasteiger partial charge is 0.496 e. The maximum atomic E-state index is 8.53. The van der Waals surface area contributed by atoms with E-state index in [0.29, 0.717) is 24.8 Å². The maximum Gasteiger partial charge on any atom is 0.123 e. The molecule has 0 aliphatic carbocycles. The Morgan fingerprint density at radius 2 is 2.17 bits per heavy atom. The third kappa shape index (κ3) is 5.69. The Bertz CT molecular complexity index is 347. The van der Waals surface area contributed by atoms with Crippen molar-refractivity contribution in [2.75, 3.05) is 33.5 Å². The zero-order chi connectivity index (χ0) is 13.2. The highest BCUT2D eigenvalue weighted by Gasteiger charge is 2.03. The Morgan fingerprint density at radius 3 is 2.89 bits per heavy atom. The molecule has 1 aromatic rings. The van der Waals surface area contributed by atoms with Crippen molar-refractivity contribution in [2.45, 2.75) is 13.0 Å². The second-order valence-corrected chi connectivity index (χ2v) is 4.26. The molecule has 0 bridgehead atoms. The van der Waals surface area contributed by atoms with E-state index in [0.717, 1.165) is 24.3 Å². The van der Waals surface area contributed by atoms with Gasteiger partial charge in [-0.25, -0.2) is 0 Å². The number of hydrogen-bond acceptors (Lipinski definition) is 4. The predicted molar refractivity (Wildman–Crippen MR) is 72.2 cm³/mol. The summed E-state index contributed by atoms with van der Waals surface area (Å²) in [6.45, 7) is 2.69. The van der Waals surface area contributed by atoms with E-state index in [-0.39, 0.29) is 6.61 Å². The fraction of sp³-hybridized carbons (Fsp3) is 0.538. The van der Waals surface area contributed by atoms with Crippen molar-refractivity contribution in [2.24, 2.45) is 0 Å². The summed E-state index contributed by atoms with van der Waals surface area (Å²) in [7, 11) is 1.65. The summed E-state index contributed by atoms with van der Waals surface area (Å²) in [5.74, 6) is 0.837. The normalized spacial score (nSPS) is 10.6. The van der Waals surface area contributed by atoms with Crippen LogP contribution in [0.4, 0.5) is 0 Å². The van der Waals surface area contributed by atoms with Gasteiger partial charge in [-0.3, -0.25) is 0 Å². The second-order valence-electron chi connectivity index (χ2n) is 3.82. The number of aliphatic hydroxyl groups excluding tert-OH is 1. The summed E-state index contributed by atoms with van der Waals surface area (Å²) in [6.07, 6.45) is 0.906. The van der Waals surface area contributed by atoms with Crippen LogP contribution in [-0.4, -0.2) is 38.6 Å². The van der Waals surface area contributed by atoms with Crippen LogP contribution in [0.25, 0.3) is 0 Å². The van der Waals surface area contributed by atoms with Crippen molar-refractivity contribution >= 4 is 11.6 Å². The molecule has 0 unspecified atom stereocenters. The molecule has 5 heteroatoms. The topological polar surface area (TPSA) is 50.7 Å². The fourth-order valence-electron chi connectivity index (χ4n) is 1.57. The summed E-state index contributed by atoms with van der Waals surface area (Å²) in [5, 5.41) is 12.5. The molecule has 1 rings (SSSR count). The van der Waals surface area contributed by atoms with Crippen molar-refractivity contribution < 1.29 is 14.6 Å². The van der Waals surface area contributed by atoms with E-state index in [2.05, 4.69) is 5.32 Å². The number of nitrogens with one attached hydrogen (secondary N) is 1. The van der Waals surface area contributed by atoms with Gasteiger partial charge in [0.1, 0.15) is 5.75 Å². The van der Waals surface area contributed by atoms with Crippen LogP contribution >= 0.6 is 11.6 Å². The van der Waals surface area contributed by atoms with Gasteiger partial charge >= 0.3 is 0 Å². The first-order valence-electron chi connectivity index (χ1n) is 5.99. The van der Waals surface area contributed by atoms with Crippen LogP contribution in [0.5, 0.6) is 5.75 Å². The SMILES string of the molecule is COc1ccc(Cl)cc1CNCCCOCCO. The van der Waals surface area contributed by atoms with Gasteiger partial charge in [0.05, 0.1) is 20.3 Å². The average Bonchev–Trinajstić information content (AvgIpc) is 2.38. The fourth-order valence-corrected chi connectivity index (χ4v) is 1.77. The standard InChI is InChI=1S/C13H20ClNO3/c1-17-13-4-3-12(14)9-11(13)10-15-5-2-7-18-8-6-16/h3-4,9,15-16H,2,5-8,10H2,1H3. The lowest BCUT2D eigenvalue weighted by Crippen LogP contribution is -2.17. The van der Waals surface area contributed by atoms with Gasteiger partial charge in [0.25, 0.3) is 0 Å². The minimum Gasteiger partial charge on any atom is -0.496 e. The number of methoxy groups -OCH3 is 1. The number of hydrogen-bond donors (Lipinski definition) is 2. The molecular formula is C13H20ClNO3. The van der Waals surface area contributed by atoms with E-state index in [1.165, 1.54) is 0 Å². The van der Waals surface area contributed by atoms with E-state index in [1.807, 2.05) is 18.2 Å². The summed E-state index contributed by atoms with van der Waals surface area (Å²) in [4.78, 5) is 0. The Balaban J connectivity index is 2.24. The van der Waals surface area contributed by atoms with Gasteiger partial charge < -0.3 is 19.9 Å². The van der Waals surface area contributed by atoms with Crippen LogP contribution < -0.4 is 10.1 Å². The number of rotatable bonds is 9. The van der Waals surface area contributed by atoms with E-state index in [9.17, 15) is 0 Å². The van der Waals surface area contributed by atoms with Gasteiger partial charge in [-0.2, -0.15) is 0 Å². The molecule has 0 aromatic heterocycles. The minimum absolute atomic E-state index is 0.0765. The van der Waals surface area contributed by atoms with Gasteiger partial charge in [0.15, 0.2) is 0 Å². The molecule has 2 N–H and O–H groups in total. The molecule has 18 heavy (non-hydrogen) atoms. The first-order chi connectivity index (χ1) is 8.77. The highest BCUT2D eigenvalue weighted by molar-refractivity contribution is 6.30. The van der Waals surface area contributed by atoms with Crippen LogP contribution in [0.3, 0.4) is 0 Å². The first-order valence-corrected chi connectivity index (χ1v) is 6.37. The molecule has 102 valence electrons. The Kier molecular flexibility index (Phi) is 7.76. The van der Waals surface area contributed by atoms with Gasteiger partial charge in [0, 0.05) is 23.7 Å². The van der Waals surface area contributed by atoms with E-state index in [1.54, 1.807) is 7.11 Å². The molecular weight excluding hydrogens is 254 g/mol. The zero-order valence-electron chi connectivity index (χ0n) is 10.6. The van der Waals surface area contributed by atoms with Crippen LogP contribution in [0.15, 0.2) is 18.2 Å². The Morgan fingerprint density at radius 1 is 1.33 bits per heavy atom. The molecule has 0 saturated carbocycles. The lowest BCUT2D eigenvalue weighted by Gasteiger charge is -2.10. The lowest BCUT2D eigenvalue weighted by atomic mass is 10.2. The Labute approximate surface area is 113 Å². The number of benzene rings is 1. The smallest absolute Gasteiger partial charge is 0.123 e. The number of halogens is 1. The quantitative estimate of drug-likeness (QED) is 0.674. The third-order valence-corrected chi connectivity index (χ3v) is 2.67. The van der Waals surface area contributed by atoms with Gasteiger partial charge in [-0.15, -0.1) is 0 Å². The first kappa shape index (κ1) is 15.2. The van der Waals surface area contributed by atoms with Gasteiger partial charge in [-0.1, -0.05) is 11.6 Å². The summed E-state index contributed by atoms with van der Waals surface area (Å²) in [6, 6.07) is 5.58. The summed E-state index contributed by atoms with van der Waals surface area (Å²) < 4.78 is 10.4. The van der Waals surface area contributed by atoms with Crippen LogP contribution in [0.2, 0.25) is 5.02 Å². The van der Waals surface area contributed by atoms with E-state index >= 15 is 0 Å². The van der Waals surface area contributed by atoms with Crippen molar-refractivity contribution in [1.29, 1.82) is 0 Å². The molecule has 0 fully saturated rings. The highest BCUT2D eigenvalue weighted by Crippen LogP contribution is 2.22. The summed E-state index contributed by atoms with van der Waals surface area (Å²) >= 11 is 5.94. The van der Waals surface area contributed by atoms with Crippen molar-refractivity contribution in [3.63, 3.8) is 0 Å². The Hall–Kier alpha value is -0.810. The van der Waals surface area contributed by atoms with E-state index < -0.39 is 0 Å². The molecule has 0 atom stereocenters. The second kappa shape index (κ2) is 9.16. The van der Waals surface area contributed by atoms with Crippen molar-refractivity contribution in [3.05, 3.63) is 28.8 Å². The molecule has 4 nitrogen and oxygen atoms in total. The maximum absolute atomic E-state index is 8.53. The van der Waals surface area contributed by atoms with E-state index in [4.69, 9.17) is 26.2 Å². The highest BCUT2D eigenvalue weighted by atomic mass is 35.5. The average molecular weight is 274 g/mol. The number of ether oxygens (including phenoxy) is 2.